The molecule has 1 aromatic heterocycles. The molecule has 0 atom stereocenters. The van der Waals surface area contributed by atoms with Crippen LogP contribution >= 0.6 is 0 Å². The number of oxime groups is 1. The Morgan fingerprint density at radius 2 is 1.95 bits per heavy atom. The highest BCUT2D eigenvalue weighted by Crippen LogP contribution is 2.15. The van der Waals surface area contributed by atoms with E-state index in [-0.39, 0.29) is 11.7 Å². The van der Waals surface area contributed by atoms with Crippen molar-refractivity contribution in [3.8, 4) is 0 Å². The number of nitrogens with zero attached hydrogens (tertiary/aromatic N) is 3. The molecule has 0 saturated heterocycles. The van der Waals surface area contributed by atoms with Gasteiger partial charge < -0.3 is 15.8 Å². The molecule has 0 aliphatic carbocycles. The lowest BCUT2D eigenvalue weighted by Crippen LogP contribution is -2.27. The first kappa shape index (κ1) is 13.5. The second-order valence-corrected chi connectivity index (χ2v) is 4.11. The Morgan fingerprint density at radius 3 is 2.50 bits per heavy atom. The lowest BCUT2D eigenvalue weighted by atomic mass is 10.2. The van der Waals surface area contributed by atoms with Crippen LogP contribution < -0.4 is 10.6 Å². The summed E-state index contributed by atoms with van der Waals surface area (Å²) in [4.78, 5) is 17.7. The smallest absolute Gasteiger partial charge is 0.276 e. The summed E-state index contributed by atoms with van der Waals surface area (Å²) < 4.78 is 0. The van der Waals surface area contributed by atoms with E-state index >= 15 is 0 Å². The van der Waals surface area contributed by atoms with E-state index in [1.165, 1.54) is 4.90 Å². The standard InChI is InChI=1S/C14H14N4O2/c1-18(14(19)12-4-2-3-9-16-12)11-7-5-10(6-8-11)13(15)17-20/h2-9,20H,1H3,(H2,15,17). The summed E-state index contributed by atoms with van der Waals surface area (Å²) in [6.07, 6.45) is 1.57. The minimum atomic E-state index is -0.206. The molecule has 3 N–H and O–H groups in total. The van der Waals surface area contributed by atoms with Crippen LogP contribution in [0.4, 0.5) is 5.69 Å². The molecule has 102 valence electrons. The zero-order chi connectivity index (χ0) is 14.5. The predicted octanol–water partition coefficient (Wildman–Crippen LogP) is 1.45. The number of benzene rings is 1. The normalized spacial score (nSPS) is 11.2. The third-order valence-electron chi connectivity index (χ3n) is 2.85. The van der Waals surface area contributed by atoms with E-state index in [0.717, 1.165) is 0 Å². The number of anilines is 1. The highest BCUT2D eigenvalue weighted by molar-refractivity contribution is 6.04. The average Bonchev–Trinajstić information content (AvgIpc) is 2.53. The quantitative estimate of drug-likeness (QED) is 0.382. The molecule has 20 heavy (non-hydrogen) atoms. The molecular formula is C14H14N4O2. The molecule has 0 bridgehead atoms. The fraction of sp³-hybridized carbons (Fsp3) is 0.0714. The summed E-state index contributed by atoms with van der Waals surface area (Å²) >= 11 is 0. The minimum Gasteiger partial charge on any atom is -0.409 e. The lowest BCUT2D eigenvalue weighted by Gasteiger charge is -2.17. The summed E-state index contributed by atoms with van der Waals surface area (Å²) in [7, 11) is 1.66. The first-order valence-electron chi connectivity index (χ1n) is 5.90. The van der Waals surface area contributed by atoms with Gasteiger partial charge in [0.25, 0.3) is 5.91 Å². The van der Waals surface area contributed by atoms with Crippen LogP contribution in [0.25, 0.3) is 0 Å². The van der Waals surface area contributed by atoms with Crippen molar-refractivity contribution in [3.63, 3.8) is 0 Å². The summed E-state index contributed by atoms with van der Waals surface area (Å²) in [5, 5.41) is 11.5. The summed E-state index contributed by atoms with van der Waals surface area (Å²) in [6.45, 7) is 0. The van der Waals surface area contributed by atoms with Crippen molar-refractivity contribution < 1.29 is 10.0 Å². The molecule has 0 radical (unpaired) electrons. The van der Waals surface area contributed by atoms with Gasteiger partial charge in [0.1, 0.15) is 5.69 Å². The number of amidine groups is 1. The SMILES string of the molecule is CN(C(=O)c1ccccn1)c1ccc(C(N)=NO)cc1. The number of amides is 1. The molecule has 0 fully saturated rings. The Morgan fingerprint density at radius 1 is 1.25 bits per heavy atom. The largest absolute Gasteiger partial charge is 0.409 e. The number of pyridine rings is 1. The second-order valence-electron chi connectivity index (χ2n) is 4.11. The van der Waals surface area contributed by atoms with Crippen LogP contribution in [-0.4, -0.2) is 29.0 Å². The van der Waals surface area contributed by atoms with Gasteiger partial charge in [-0.3, -0.25) is 9.78 Å². The molecular weight excluding hydrogens is 256 g/mol. The maximum Gasteiger partial charge on any atom is 0.276 e. The van der Waals surface area contributed by atoms with Gasteiger partial charge in [-0.2, -0.15) is 0 Å². The van der Waals surface area contributed by atoms with Crippen molar-refractivity contribution in [1.29, 1.82) is 0 Å². The van der Waals surface area contributed by atoms with Gasteiger partial charge in [-0.15, -0.1) is 0 Å². The Hall–Kier alpha value is -2.89. The van der Waals surface area contributed by atoms with E-state index in [9.17, 15) is 4.79 Å². The van der Waals surface area contributed by atoms with Crippen molar-refractivity contribution in [3.05, 3.63) is 59.9 Å². The zero-order valence-electron chi connectivity index (χ0n) is 10.9. The molecule has 1 heterocycles. The van der Waals surface area contributed by atoms with Gasteiger partial charge in [0, 0.05) is 24.5 Å². The van der Waals surface area contributed by atoms with E-state index < -0.39 is 0 Å². The molecule has 6 nitrogen and oxygen atoms in total. The van der Waals surface area contributed by atoms with E-state index in [4.69, 9.17) is 10.9 Å². The van der Waals surface area contributed by atoms with Crippen molar-refractivity contribution in [2.24, 2.45) is 10.9 Å². The molecule has 0 aliphatic heterocycles. The van der Waals surface area contributed by atoms with Gasteiger partial charge in [-0.05, 0) is 36.4 Å². The Labute approximate surface area is 116 Å². The number of rotatable bonds is 3. The first-order valence-corrected chi connectivity index (χ1v) is 5.90. The van der Waals surface area contributed by atoms with E-state index in [1.807, 2.05) is 0 Å². The van der Waals surface area contributed by atoms with Crippen LogP contribution in [0.15, 0.2) is 53.8 Å². The monoisotopic (exact) mass is 270 g/mol. The maximum atomic E-state index is 12.2. The summed E-state index contributed by atoms with van der Waals surface area (Å²) in [5.74, 6) is -0.183. The van der Waals surface area contributed by atoms with Crippen LogP contribution in [0, 0.1) is 0 Å². The average molecular weight is 270 g/mol. The molecule has 1 amide bonds. The zero-order valence-corrected chi connectivity index (χ0v) is 10.9. The third-order valence-corrected chi connectivity index (χ3v) is 2.85. The molecule has 2 rings (SSSR count). The fourth-order valence-electron chi connectivity index (χ4n) is 1.69. The van der Waals surface area contributed by atoms with Crippen molar-refractivity contribution in [2.45, 2.75) is 0 Å². The van der Waals surface area contributed by atoms with E-state index in [0.29, 0.717) is 16.9 Å². The highest BCUT2D eigenvalue weighted by Gasteiger charge is 2.14. The van der Waals surface area contributed by atoms with E-state index in [1.54, 1.807) is 55.7 Å². The number of hydrogen-bond acceptors (Lipinski definition) is 4. The Kier molecular flexibility index (Phi) is 3.95. The summed E-state index contributed by atoms with van der Waals surface area (Å²) in [6, 6.07) is 11.9. The van der Waals surface area contributed by atoms with Gasteiger partial charge in [0.2, 0.25) is 0 Å². The van der Waals surface area contributed by atoms with Crippen molar-refractivity contribution in [1.82, 2.24) is 4.98 Å². The van der Waals surface area contributed by atoms with Crippen molar-refractivity contribution in [2.75, 3.05) is 11.9 Å². The van der Waals surface area contributed by atoms with Crippen LogP contribution in [0.5, 0.6) is 0 Å². The van der Waals surface area contributed by atoms with Gasteiger partial charge in [-0.1, -0.05) is 11.2 Å². The van der Waals surface area contributed by atoms with E-state index in [2.05, 4.69) is 10.1 Å². The minimum absolute atomic E-state index is 0.0234. The Bertz CT molecular complexity index is 623. The topological polar surface area (TPSA) is 91.8 Å². The third kappa shape index (κ3) is 2.74. The fourth-order valence-corrected chi connectivity index (χ4v) is 1.69. The molecule has 2 aromatic rings. The number of hydrogen-bond donors (Lipinski definition) is 2. The lowest BCUT2D eigenvalue weighted by molar-refractivity contribution is 0.0988. The molecule has 0 unspecified atom stereocenters. The summed E-state index contributed by atoms with van der Waals surface area (Å²) in [5.41, 5.74) is 7.12. The molecule has 1 aromatic carbocycles. The number of nitrogens with two attached hydrogens (primary N) is 1. The maximum absolute atomic E-state index is 12.2. The van der Waals surface area contributed by atoms with Gasteiger partial charge in [0.15, 0.2) is 5.84 Å². The van der Waals surface area contributed by atoms with Gasteiger partial charge in [-0.25, -0.2) is 0 Å². The van der Waals surface area contributed by atoms with Crippen LogP contribution in [0.3, 0.4) is 0 Å². The first-order chi connectivity index (χ1) is 9.63. The highest BCUT2D eigenvalue weighted by atomic mass is 16.4. The number of carbonyl (C=O) groups excluding carboxylic acids is 1. The van der Waals surface area contributed by atoms with Crippen LogP contribution in [0.1, 0.15) is 16.1 Å². The second kappa shape index (κ2) is 5.83. The van der Waals surface area contributed by atoms with Gasteiger partial charge >= 0.3 is 0 Å². The molecule has 0 saturated carbocycles. The molecule has 0 aliphatic rings. The number of carbonyl (C=O) groups is 1. The molecule has 0 spiro atoms. The molecule has 6 heteroatoms. The predicted molar refractivity (Wildman–Crippen MR) is 75.9 cm³/mol. The van der Waals surface area contributed by atoms with Crippen LogP contribution in [-0.2, 0) is 0 Å². The Balaban J connectivity index is 2.21. The number of aromatic nitrogens is 1. The van der Waals surface area contributed by atoms with Gasteiger partial charge in [0.05, 0.1) is 0 Å². The van der Waals surface area contributed by atoms with Crippen LogP contribution in [0.2, 0.25) is 0 Å². The van der Waals surface area contributed by atoms with Crippen molar-refractivity contribution >= 4 is 17.4 Å².